The van der Waals surface area contributed by atoms with Gasteiger partial charge in [0.25, 0.3) is 0 Å². The molecule has 3 rings (SSSR count). The van der Waals surface area contributed by atoms with E-state index in [0.717, 1.165) is 42.2 Å². The summed E-state index contributed by atoms with van der Waals surface area (Å²) in [5, 5.41) is 14.3. The van der Waals surface area contributed by atoms with Crippen molar-refractivity contribution >= 4 is 17.3 Å². The van der Waals surface area contributed by atoms with E-state index in [1.807, 2.05) is 10.7 Å². The van der Waals surface area contributed by atoms with Crippen molar-refractivity contribution in [1.29, 1.82) is 0 Å². The van der Waals surface area contributed by atoms with Gasteiger partial charge in [-0.05, 0) is 25.3 Å². The van der Waals surface area contributed by atoms with Crippen molar-refractivity contribution in [2.75, 3.05) is 0 Å². The Morgan fingerprint density at radius 1 is 1.58 bits per heavy atom. The van der Waals surface area contributed by atoms with Gasteiger partial charge in [-0.25, -0.2) is 9.78 Å². The Morgan fingerprint density at radius 3 is 3.00 bits per heavy atom. The van der Waals surface area contributed by atoms with Gasteiger partial charge in [0.1, 0.15) is 9.88 Å². The minimum Gasteiger partial charge on any atom is -0.477 e. The van der Waals surface area contributed by atoms with Crippen LogP contribution in [0.4, 0.5) is 0 Å². The number of carboxylic acids is 1. The Balaban J connectivity index is 2.02. The Hall–Kier alpha value is -1.69. The third-order valence-electron chi connectivity index (χ3n) is 3.18. The molecule has 0 unspecified atom stereocenters. The first kappa shape index (κ1) is 12.3. The third-order valence-corrected chi connectivity index (χ3v) is 4.26. The standard InChI is InChI=1S/C13H15N3O2S/c1-2-7-16-9(5-6-14-16)12-15-10(8-3-4-8)11(19-12)13(17)18/h5-6,8H,2-4,7H2,1H3,(H,17,18). The molecule has 0 saturated heterocycles. The molecule has 19 heavy (non-hydrogen) atoms. The van der Waals surface area contributed by atoms with Gasteiger partial charge in [0.05, 0.1) is 11.4 Å². The van der Waals surface area contributed by atoms with Gasteiger partial charge < -0.3 is 5.11 Å². The Morgan fingerprint density at radius 2 is 2.37 bits per heavy atom. The number of aromatic nitrogens is 3. The maximum absolute atomic E-state index is 11.3. The van der Waals surface area contributed by atoms with Gasteiger partial charge in [0, 0.05) is 18.7 Å². The van der Waals surface area contributed by atoms with E-state index >= 15 is 0 Å². The first-order chi connectivity index (χ1) is 9.20. The Kier molecular flexibility index (Phi) is 3.10. The second-order valence-corrected chi connectivity index (χ2v) is 5.75. The van der Waals surface area contributed by atoms with Gasteiger partial charge in [0.2, 0.25) is 0 Å². The van der Waals surface area contributed by atoms with Crippen LogP contribution in [-0.2, 0) is 6.54 Å². The van der Waals surface area contributed by atoms with E-state index < -0.39 is 5.97 Å². The van der Waals surface area contributed by atoms with Crippen molar-refractivity contribution in [3.8, 4) is 10.7 Å². The number of carboxylic acid groups (broad SMARTS) is 1. The third kappa shape index (κ3) is 2.28. The van der Waals surface area contributed by atoms with Gasteiger partial charge >= 0.3 is 5.97 Å². The lowest BCUT2D eigenvalue weighted by Crippen LogP contribution is -2.00. The average Bonchev–Trinajstić information content (AvgIpc) is 2.96. The predicted molar refractivity (Wildman–Crippen MR) is 72.6 cm³/mol. The molecule has 0 aliphatic heterocycles. The molecule has 0 amide bonds. The Bertz CT molecular complexity index is 613. The number of hydrogen-bond donors (Lipinski definition) is 1. The number of rotatable bonds is 5. The molecule has 0 bridgehead atoms. The van der Waals surface area contributed by atoms with E-state index in [1.54, 1.807) is 6.20 Å². The highest BCUT2D eigenvalue weighted by atomic mass is 32.1. The van der Waals surface area contributed by atoms with E-state index in [-0.39, 0.29) is 0 Å². The van der Waals surface area contributed by atoms with Gasteiger partial charge in [-0.2, -0.15) is 5.10 Å². The minimum atomic E-state index is -0.868. The van der Waals surface area contributed by atoms with Crippen LogP contribution in [0.1, 0.15) is 47.5 Å². The van der Waals surface area contributed by atoms with E-state index in [9.17, 15) is 9.90 Å². The molecule has 2 aromatic heterocycles. The smallest absolute Gasteiger partial charge is 0.347 e. The first-order valence-corrected chi connectivity index (χ1v) is 7.28. The zero-order valence-electron chi connectivity index (χ0n) is 10.7. The summed E-state index contributed by atoms with van der Waals surface area (Å²) >= 11 is 1.26. The number of hydrogen-bond acceptors (Lipinski definition) is 4. The van der Waals surface area contributed by atoms with Crippen LogP contribution in [0.3, 0.4) is 0 Å². The molecule has 6 heteroatoms. The second-order valence-electron chi connectivity index (χ2n) is 4.75. The zero-order chi connectivity index (χ0) is 13.4. The van der Waals surface area contributed by atoms with Gasteiger partial charge in [-0.1, -0.05) is 6.92 Å². The lowest BCUT2D eigenvalue weighted by molar-refractivity contribution is 0.0700. The highest BCUT2D eigenvalue weighted by Gasteiger charge is 2.32. The van der Waals surface area contributed by atoms with Crippen LogP contribution in [0.2, 0.25) is 0 Å². The number of aromatic carboxylic acids is 1. The summed E-state index contributed by atoms with van der Waals surface area (Å²) < 4.78 is 1.89. The van der Waals surface area contributed by atoms with E-state index in [2.05, 4.69) is 17.0 Å². The SMILES string of the molecule is CCCn1nccc1-c1nc(C2CC2)c(C(=O)O)s1. The quantitative estimate of drug-likeness (QED) is 0.912. The zero-order valence-corrected chi connectivity index (χ0v) is 11.5. The van der Waals surface area contributed by atoms with Crippen LogP contribution in [0, 0.1) is 0 Å². The highest BCUT2D eigenvalue weighted by molar-refractivity contribution is 7.17. The first-order valence-electron chi connectivity index (χ1n) is 6.47. The van der Waals surface area contributed by atoms with E-state index in [0.29, 0.717) is 10.8 Å². The average molecular weight is 277 g/mol. The molecule has 1 aliphatic rings. The summed E-state index contributed by atoms with van der Waals surface area (Å²) in [5.41, 5.74) is 1.68. The largest absolute Gasteiger partial charge is 0.477 e. The van der Waals surface area contributed by atoms with Crippen LogP contribution in [-0.4, -0.2) is 25.8 Å². The summed E-state index contributed by atoms with van der Waals surface area (Å²) in [4.78, 5) is 16.2. The lowest BCUT2D eigenvalue weighted by atomic mass is 10.2. The summed E-state index contributed by atoms with van der Waals surface area (Å²) in [6, 6.07) is 1.90. The Labute approximate surface area is 114 Å². The second kappa shape index (κ2) is 4.77. The number of carbonyl (C=O) groups is 1. The maximum Gasteiger partial charge on any atom is 0.347 e. The number of nitrogens with zero attached hydrogens (tertiary/aromatic N) is 3. The normalized spacial score (nSPS) is 14.8. The van der Waals surface area contributed by atoms with Gasteiger partial charge in [-0.15, -0.1) is 11.3 Å². The van der Waals surface area contributed by atoms with Crippen LogP contribution >= 0.6 is 11.3 Å². The monoisotopic (exact) mass is 277 g/mol. The molecular weight excluding hydrogens is 262 g/mol. The highest BCUT2D eigenvalue weighted by Crippen LogP contribution is 2.44. The van der Waals surface area contributed by atoms with Crippen LogP contribution < -0.4 is 0 Å². The maximum atomic E-state index is 11.3. The van der Waals surface area contributed by atoms with Crippen molar-refractivity contribution in [2.24, 2.45) is 0 Å². The van der Waals surface area contributed by atoms with Crippen molar-refractivity contribution in [3.63, 3.8) is 0 Å². The van der Waals surface area contributed by atoms with Crippen LogP contribution in [0.15, 0.2) is 12.3 Å². The number of thiazole rings is 1. The minimum absolute atomic E-state index is 0.346. The topological polar surface area (TPSA) is 68.0 Å². The van der Waals surface area contributed by atoms with Gasteiger partial charge in [-0.3, -0.25) is 4.68 Å². The van der Waals surface area contributed by atoms with Crippen LogP contribution in [0.5, 0.6) is 0 Å². The summed E-state index contributed by atoms with van der Waals surface area (Å²) in [5.74, 6) is -0.522. The molecule has 1 N–H and O–H groups in total. The number of aryl methyl sites for hydroxylation is 1. The predicted octanol–water partition coefficient (Wildman–Crippen LogP) is 2.99. The van der Waals surface area contributed by atoms with Crippen molar-refractivity contribution in [1.82, 2.24) is 14.8 Å². The molecule has 1 saturated carbocycles. The molecule has 2 heterocycles. The van der Waals surface area contributed by atoms with Gasteiger partial charge in [0.15, 0.2) is 0 Å². The molecule has 1 aliphatic carbocycles. The fraction of sp³-hybridized carbons (Fsp3) is 0.462. The molecule has 0 radical (unpaired) electrons. The van der Waals surface area contributed by atoms with E-state index in [1.165, 1.54) is 11.3 Å². The summed E-state index contributed by atoms with van der Waals surface area (Å²) in [7, 11) is 0. The van der Waals surface area contributed by atoms with Crippen LogP contribution in [0.25, 0.3) is 10.7 Å². The molecule has 0 atom stereocenters. The fourth-order valence-corrected chi connectivity index (χ4v) is 3.15. The molecule has 5 nitrogen and oxygen atoms in total. The van der Waals surface area contributed by atoms with E-state index in [4.69, 9.17) is 0 Å². The molecule has 100 valence electrons. The molecule has 1 fully saturated rings. The molecular formula is C13H15N3O2S. The lowest BCUT2D eigenvalue weighted by Gasteiger charge is -2.02. The fourth-order valence-electron chi connectivity index (χ4n) is 2.13. The molecule has 0 spiro atoms. The van der Waals surface area contributed by atoms with Crippen molar-refractivity contribution < 1.29 is 9.90 Å². The molecule has 0 aromatic carbocycles. The van der Waals surface area contributed by atoms with Crippen molar-refractivity contribution in [2.45, 2.75) is 38.6 Å². The van der Waals surface area contributed by atoms with Crippen molar-refractivity contribution in [3.05, 3.63) is 22.8 Å². The summed E-state index contributed by atoms with van der Waals surface area (Å²) in [6.45, 7) is 2.91. The molecule has 2 aromatic rings. The summed E-state index contributed by atoms with van der Waals surface area (Å²) in [6.07, 6.45) is 4.83.